The van der Waals surface area contributed by atoms with E-state index in [0.29, 0.717) is 18.4 Å². The van der Waals surface area contributed by atoms with Crippen molar-refractivity contribution in [2.75, 3.05) is 11.0 Å². The van der Waals surface area contributed by atoms with E-state index in [2.05, 4.69) is 108 Å². The normalized spacial score (nSPS) is 16.9. The molecule has 3 atom stereocenters. The van der Waals surface area contributed by atoms with Gasteiger partial charge in [-0.3, -0.25) is 0 Å². The molecule has 0 bridgehead atoms. The van der Waals surface area contributed by atoms with Crippen LogP contribution >= 0.6 is 22.6 Å². The number of hydrogen-bond donors (Lipinski definition) is 0. The lowest BCUT2D eigenvalue weighted by Crippen LogP contribution is -2.47. The highest BCUT2D eigenvalue weighted by molar-refractivity contribution is 14.1. The summed E-state index contributed by atoms with van der Waals surface area (Å²) >= 11 is 2.43. The lowest BCUT2D eigenvalue weighted by Gasteiger charge is -2.42. The summed E-state index contributed by atoms with van der Waals surface area (Å²) in [6, 6.07) is 10.4. The molecule has 1 aromatic rings. The molecule has 0 fully saturated rings. The van der Waals surface area contributed by atoms with Crippen LogP contribution in [0.4, 0.5) is 0 Å². The molecule has 0 unspecified atom stereocenters. The van der Waals surface area contributed by atoms with Gasteiger partial charge in [-0.15, -0.1) is 0 Å². The number of benzene rings is 1. The highest BCUT2D eigenvalue weighted by Gasteiger charge is 2.41. The number of hydrogen-bond acceptors (Lipinski definition) is 2. The Labute approximate surface area is 182 Å². The fraction of sp³-hybridized carbons (Fsp3) is 0.652. The van der Waals surface area contributed by atoms with Gasteiger partial charge in [-0.1, -0.05) is 99.2 Å². The van der Waals surface area contributed by atoms with Crippen molar-refractivity contribution in [2.24, 2.45) is 11.8 Å². The van der Waals surface area contributed by atoms with Gasteiger partial charge in [-0.2, -0.15) is 0 Å². The van der Waals surface area contributed by atoms with Crippen LogP contribution in [0, 0.1) is 11.8 Å². The van der Waals surface area contributed by atoms with Crippen molar-refractivity contribution in [1.82, 2.24) is 0 Å². The van der Waals surface area contributed by atoms with Crippen LogP contribution in [0.1, 0.15) is 47.1 Å². The first kappa shape index (κ1) is 24.9. The Morgan fingerprint density at radius 2 is 1.74 bits per heavy atom. The second-order valence-corrected chi connectivity index (χ2v) is 14.8. The van der Waals surface area contributed by atoms with Gasteiger partial charge in [0.1, 0.15) is 0 Å². The summed E-state index contributed by atoms with van der Waals surface area (Å²) in [5.74, 6) is 0.723. The first-order valence-electron chi connectivity index (χ1n) is 10.0. The van der Waals surface area contributed by atoms with Crippen molar-refractivity contribution in [3.8, 4) is 0 Å². The maximum absolute atomic E-state index is 6.89. The summed E-state index contributed by atoms with van der Waals surface area (Å²) in [4.78, 5) is 0. The quantitative estimate of drug-likeness (QED) is 0.145. The second-order valence-electron chi connectivity index (χ2n) is 9.33. The average molecular weight is 503 g/mol. The Kier molecular flexibility index (Phi) is 10.2. The maximum Gasteiger partial charge on any atom is 0.192 e. The van der Waals surface area contributed by atoms with Crippen molar-refractivity contribution < 1.29 is 9.16 Å². The largest absolute Gasteiger partial charge is 0.413 e. The summed E-state index contributed by atoms with van der Waals surface area (Å²) in [5.41, 5.74) is 2.64. The number of allylic oxidation sites excluding steroid dienone is 1. The minimum absolute atomic E-state index is 0.180. The Hall–Kier alpha value is -0.173. The summed E-state index contributed by atoms with van der Waals surface area (Å²) in [6.07, 6.45) is 2.57. The van der Waals surface area contributed by atoms with E-state index in [9.17, 15) is 0 Å². The minimum atomic E-state index is -1.84. The smallest absolute Gasteiger partial charge is 0.192 e. The molecule has 0 radical (unpaired) electrons. The lowest BCUT2D eigenvalue weighted by molar-refractivity contribution is 0.0193. The zero-order chi connectivity index (χ0) is 20.7. The number of alkyl halides is 1. The topological polar surface area (TPSA) is 18.5 Å². The van der Waals surface area contributed by atoms with E-state index >= 15 is 0 Å². The monoisotopic (exact) mass is 502 g/mol. The molecule has 0 amide bonds. The second kappa shape index (κ2) is 11.1. The third-order valence-corrected chi connectivity index (χ3v) is 11.2. The zero-order valence-electron chi connectivity index (χ0n) is 18.5. The van der Waals surface area contributed by atoms with Crippen molar-refractivity contribution in [2.45, 2.75) is 72.4 Å². The predicted molar refractivity (Wildman–Crippen MR) is 129 cm³/mol. The predicted octanol–water partition coefficient (Wildman–Crippen LogP) is 7.25. The zero-order valence-corrected chi connectivity index (χ0v) is 21.7. The van der Waals surface area contributed by atoms with Crippen LogP contribution in [0.15, 0.2) is 42.0 Å². The fourth-order valence-corrected chi connectivity index (χ4v) is 4.61. The maximum atomic E-state index is 6.89. The Morgan fingerprint density at radius 1 is 1.15 bits per heavy atom. The van der Waals surface area contributed by atoms with Gasteiger partial charge in [0.2, 0.25) is 0 Å². The molecule has 2 nitrogen and oxygen atoms in total. The first-order chi connectivity index (χ1) is 12.5. The molecule has 0 spiro atoms. The van der Waals surface area contributed by atoms with E-state index in [4.69, 9.17) is 9.16 Å². The summed E-state index contributed by atoms with van der Waals surface area (Å²) in [6.45, 7) is 19.8. The standard InChI is InChI=1S/C23H39IO2Si/c1-18(15-24)14-19(2)22(26-27(7,8)23(4,5)6)20(3)16-25-17-21-12-10-9-11-13-21/h9-14,19-20,22H,15-17H2,1-8H3/b18-14-/t19-,20-,22+/m1/s1. The average Bonchev–Trinajstić information content (AvgIpc) is 2.59. The third-order valence-electron chi connectivity index (χ3n) is 5.57. The van der Waals surface area contributed by atoms with Crippen molar-refractivity contribution in [3.05, 3.63) is 47.5 Å². The van der Waals surface area contributed by atoms with Crippen LogP contribution in [0.3, 0.4) is 0 Å². The SMILES string of the molecule is C/C(=C/[C@@H](C)[C@H](O[Si](C)(C)C(C)(C)C)[C@H](C)COCc1ccccc1)CI. The Balaban J connectivity index is 2.85. The van der Waals surface area contributed by atoms with E-state index in [1.807, 2.05) is 6.07 Å². The van der Waals surface area contributed by atoms with Gasteiger partial charge in [-0.05, 0) is 36.5 Å². The van der Waals surface area contributed by atoms with Crippen molar-refractivity contribution in [3.63, 3.8) is 0 Å². The molecule has 154 valence electrons. The molecular formula is C23H39IO2Si. The van der Waals surface area contributed by atoms with Crippen molar-refractivity contribution in [1.29, 1.82) is 0 Å². The molecule has 0 aliphatic rings. The first-order valence-corrected chi connectivity index (χ1v) is 14.4. The lowest BCUT2D eigenvalue weighted by atomic mass is 9.92. The van der Waals surface area contributed by atoms with Gasteiger partial charge in [0.15, 0.2) is 8.32 Å². The van der Waals surface area contributed by atoms with Crippen LogP contribution < -0.4 is 0 Å². The highest BCUT2D eigenvalue weighted by Crippen LogP contribution is 2.39. The van der Waals surface area contributed by atoms with Gasteiger partial charge in [-0.25, -0.2) is 0 Å². The third kappa shape index (κ3) is 8.38. The fourth-order valence-electron chi connectivity index (χ4n) is 2.88. The van der Waals surface area contributed by atoms with E-state index < -0.39 is 8.32 Å². The number of halogens is 1. The highest BCUT2D eigenvalue weighted by atomic mass is 127. The van der Waals surface area contributed by atoms with Gasteiger partial charge in [0, 0.05) is 10.3 Å². The summed E-state index contributed by atoms with van der Waals surface area (Å²) in [5, 5.41) is 0.206. The molecule has 0 heterocycles. The van der Waals surface area contributed by atoms with E-state index in [0.717, 1.165) is 11.0 Å². The summed E-state index contributed by atoms with van der Waals surface area (Å²) in [7, 11) is -1.84. The molecule has 0 aliphatic heterocycles. The van der Waals surface area contributed by atoms with E-state index in [-0.39, 0.29) is 11.1 Å². The van der Waals surface area contributed by atoms with Crippen LogP contribution in [0.2, 0.25) is 18.1 Å². The molecule has 1 aromatic carbocycles. The molecule has 1 rings (SSSR count). The van der Waals surface area contributed by atoms with Crippen molar-refractivity contribution >= 4 is 30.9 Å². The number of ether oxygens (including phenoxy) is 1. The Bertz CT molecular complexity index is 578. The Morgan fingerprint density at radius 3 is 2.26 bits per heavy atom. The van der Waals surface area contributed by atoms with Gasteiger partial charge < -0.3 is 9.16 Å². The molecular weight excluding hydrogens is 463 g/mol. The van der Waals surface area contributed by atoms with E-state index in [1.165, 1.54) is 11.1 Å². The molecule has 4 heteroatoms. The molecule has 0 aliphatic carbocycles. The van der Waals surface area contributed by atoms with Crippen LogP contribution in [-0.2, 0) is 15.8 Å². The van der Waals surface area contributed by atoms with Crippen LogP contribution in [-0.4, -0.2) is 25.5 Å². The van der Waals surface area contributed by atoms with Gasteiger partial charge in [0.05, 0.1) is 19.3 Å². The van der Waals surface area contributed by atoms with Gasteiger partial charge >= 0.3 is 0 Å². The van der Waals surface area contributed by atoms with E-state index in [1.54, 1.807) is 0 Å². The summed E-state index contributed by atoms with van der Waals surface area (Å²) < 4.78 is 14.0. The molecule has 0 saturated heterocycles. The van der Waals surface area contributed by atoms with Crippen LogP contribution in [0.5, 0.6) is 0 Å². The molecule has 0 saturated carbocycles. The van der Waals surface area contributed by atoms with Crippen LogP contribution in [0.25, 0.3) is 0 Å². The van der Waals surface area contributed by atoms with Gasteiger partial charge in [0.25, 0.3) is 0 Å². The molecule has 27 heavy (non-hydrogen) atoms. The minimum Gasteiger partial charge on any atom is -0.413 e. The molecule has 0 N–H and O–H groups in total. The molecule has 0 aromatic heterocycles. The number of rotatable bonds is 10.